The molecular formula is C14H13FN2OS. The van der Waals surface area contributed by atoms with Gasteiger partial charge >= 0.3 is 0 Å². The lowest BCUT2D eigenvalue weighted by molar-refractivity contribution is 0.111. The molecule has 0 saturated heterocycles. The predicted octanol–water partition coefficient (Wildman–Crippen LogP) is 2.93. The van der Waals surface area contributed by atoms with Crippen LogP contribution >= 0.6 is 11.8 Å². The van der Waals surface area contributed by atoms with E-state index >= 15 is 0 Å². The van der Waals surface area contributed by atoms with Crippen LogP contribution in [0.15, 0.2) is 24.3 Å². The van der Waals surface area contributed by atoms with Gasteiger partial charge in [0, 0.05) is 28.7 Å². The second-order valence-electron chi connectivity index (χ2n) is 4.66. The highest BCUT2D eigenvalue weighted by Gasteiger charge is 2.25. The van der Waals surface area contributed by atoms with Crippen LogP contribution in [0.2, 0.25) is 0 Å². The maximum atomic E-state index is 12.9. The Labute approximate surface area is 114 Å². The van der Waals surface area contributed by atoms with Gasteiger partial charge in [0.1, 0.15) is 11.5 Å². The third-order valence-electron chi connectivity index (χ3n) is 3.41. The first-order valence-corrected chi connectivity index (χ1v) is 7.28. The molecule has 5 heteroatoms. The Kier molecular flexibility index (Phi) is 3.38. The number of aromatic nitrogens is 2. The number of hydrogen-bond donors (Lipinski definition) is 1. The standard InChI is InChI=1S/C14H13FN2OS/c15-11-3-1-9(2-4-11)5-10-7-19-8-12-13(6-18)16-17-14(10)12/h1-4,6,10H,5,7-8H2,(H,16,17). The van der Waals surface area contributed by atoms with Crippen molar-refractivity contribution < 1.29 is 9.18 Å². The number of halogens is 1. The largest absolute Gasteiger partial charge is 0.296 e. The van der Waals surface area contributed by atoms with Crippen molar-refractivity contribution in [3.05, 3.63) is 52.6 Å². The minimum absolute atomic E-state index is 0.216. The summed E-state index contributed by atoms with van der Waals surface area (Å²) in [5, 5.41) is 7.05. The van der Waals surface area contributed by atoms with Gasteiger partial charge in [-0.25, -0.2) is 4.39 Å². The monoisotopic (exact) mass is 276 g/mol. The van der Waals surface area contributed by atoms with Crippen LogP contribution in [0, 0.1) is 5.82 Å². The number of H-pyrrole nitrogens is 1. The molecule has 0 bridgehead atoms. The number of carbonyl (C=O) groups is 1. The molecule has 1 aromatic carbocycles. The van der Waals surface area contributed by atoms with E-state index in [-0.39, 0.29) is 5.82 Å². The van der Waals surface area contributed by atoms with Crippen molar-refractivity contribution in [3.63, 3.8) is 0 Å². The smallest absolute Gasteiger partial charge is 0.170 e. The van der Waals surface area contributed by atoms with E-state index < -0.39 is 0 Å². The number of thioether (sulfide) groups is 1. The van der Waals surface area contributed by atoms with Crippen LogP contribution in [0.5, 0.6) is 0 Å². The van der Waals surface area contributed by atoms with Crippen LogP contribution in [-0.4, -0.2) is 22.2 Å². The molecule has 0 fully saturated rings. The number of aldehydes is 1. The molecule has 0 aliphatic carbocycles. The molecular weight excluding hydrogens is 263 g/mol. The molecule has 19 heavy (non-hydrogen) atoms. The predicted molar refractivity (Wildman–Crippen MR) is 73.0 cm³/mol. The highest BCUT2D eigenvalue weighted by molar-refractivity contribution is 7.98. The lowest BCUT2D eigenvalue weighted by Gasteiger charge is -2.21. The van der Waals surface area contributed by atoms with E-state index in [0.717, 1.165) is 41.0 Å². The van der Waals surface area contributed by atoms with Crippen molar-refractivity contribution >= 4 is 18.0 Å². The van der Waals surface area contributed by atoms with Crippen molar-refractivity contribution in [2.24, 2.45) is 0 Å². The SMILES string of the molecule is O=Cc1n[nH]c2c1CSCC2Cc1ccc(F)cc1. The van der Waals surface area contributed by atoms with E-state index in [2.05, 4.69) is 10.2 Å². The van der Waals surface area contributed by atoms with Crippen LogP contribution < -0.4 is 0 Å². The summed E-state index contributed by atoms with van der Waals surface area (Å²) >= 11 is 1.81. The average Bonchev–Trinajstić information content (AvgIpc) is 2.85. The molecule has 3 rings (SSSR count). The summed E-state index contributed by atoms with van der Waals surface area (Å²) in [5.41, 5.74) is 3.71. The Balaban J connectivity index is 1.85. The molecule has 2 aromatic rings. The first-order chi connectivity index (χ1) is 9.28. The molecule has 1 aliphatic heterocycles. The van der Waals surface area contributed by atoms with Crippen LogP contribution in [0.3, 0.4) is 0 Å². The molecule has 1 atom stereocenters. The molecule has 0 saturated carbocycles. The van der Waals surface area contributed by atoms with E-state index in [0.29, 0.717) is 11.6 Å². The maximum absolute atomic E-state index is 12.9. The number of nitrogens with one attached hydrogen (secondary N) is 1. The minimum Gasteiger partial charge on any atom is -0.296 e. The van der Waals surface area contributed by atoms with Crippen LogP contribution in [0.1, 0.15) is 33.2 Å². The molecule has 1 aromatic heterocycles. The number of nitrogens with zero attached hydrogens (tertiary/aromatic N) is 1. The summed E-state index contributed by atoms with van der Waals surface area (Å²) < 4.78 is 12.9. The van der Waals surface area contributed by atoms with Crippen molar-refractivity contribution in [3.8, 4) is 0 Å². The first-order valence-electron chi connectivity index (χ1n) is 6.12. The zero-order valence-electron chi connectivity index (χ0n) is 10.2. The van der Waals surface area contributed by atoms with Crippen LogP contribution in [-0.2, 0) is 12.2 Å². The highest BCUT2D eigenvalue weighted by atomic mass is 32.2. The van der Waals surface area contributed by atoms with Gasteiger partial charge in [0.25, 0.3) is 0 Å². The van der Waals surface area contributed by atoms with E-state index in [1.807, 2.05) is 23.9 Å². The number of rotatable bonds is 3. The Morgan fingerprint density at radius 1 is 1.42 bits per heavy atom. The van der Waals surface area contributed by atoms with Crippen LogP contribution in [0.25, 0.3) is 0 Å². The van der Waals surface area contributed by atoms with Crippen molar-refractivity contribution in [1.82, 2.24) is 10.2 Å². The summed E-state index contributed by atoms with van der Waals surface area (Å²) in [5.74, 6) is 1.91. The van der Waals surface area contributed by atoms with E-state index in [1.165, 1.54) is 12.1 Å². The molecule has 1 aliphatic rings. The molecule has 0 amide bonds. The average molecular weight is 276 g/mol. The summed E-state index contributed by atoms with van der Waals surface area (Å²) in [6.07, 6.45) is 1.64. The second kappa shape index (κ2) is 5.17. The van der Waals surface area contributed by atoms with Crippen LogP contribution in [0.4, 0.5) is 4.39 Å². The van der Waals surface area contributed by atoms with Crippen molar-refractivity contribution in [2.75, 3.05) is 5.75 Å². The van der Waals surface area contributed by atoms with Gasteiger partial charge in [-0.1, -0.05) is 12.1 Å². The Morgan fingerprint density at radius 2 is 2.21 bits per heavy atom. The topological polar surface area (TPSA) is 45.8 Å². The van der Waals surface area contributed by atoms with Crippen molar-refractivity contribution in [1.29, 1.82) is 0 Å². The molecule has 2 heterocycles. The number of hydrogen-bond acceptors (Lipinski definition) is 3. The fourth-order valence-corrected chi connectivity index (χ4v) is 3.63. The third kappa shape index (κ3) is 2.42. The fraction of sp³-hybridized carbons (Fsp3) is 0.286. The summed E-state index contributed by atoms with van der Waals surface area (Å²) in [6.45, 7) is 0. The number of aromatic amines is 1. The Hall–Kier alpha value is -1.62. The zero-order chi connectivity index (χ0) is 13.2. The van der Waals surface area contributed by atoms with Crippen molar-refractivity contribution in [2.45, 2.75) is 18.1 Å². The number of carbonyl (C=O) groups excluding carboxylic acids is 1. The van der Waals surface area contributed by atoms with Gasteiger partial charge in [-0.2, -0.15) is 16.9 Å². The molecule has 1 unspecified atom stereocenters. The molecule has 1 N–H and O–H groups in total. The molecule has 3 nitrogen and oxygen atoms in total. The summed E-state index contributed by atoms with van der Waals surface area (Å²) in [6, 6.07) is 6.59. The Bertz CT molecular complexity index is 594. The minimum atomic E-state index is -0.216. The third-order valence-corrected chi connectivity index (χ3v) is 4.54. The normalized spacial score (nSPS) is 18.1. The Morgan fingerprint density at radius 3 is 2.95 bits per heavy atom. The van der Waals surface area contributed by atoms with Gasteiger partial charge in [-0.15, -0.1) is 0 Å². The highest BCUT2D eigenvalue weighted by Crippen LogP contribution is 2.35. The number of benzene rings is 1. The van der Waals surface area contributed by atoms with Gasteiger partial charge in [0.15, 0.2) is 6.29 Å². The van der Waals surface area contributed by atoms with Gasteiger partial charge in [-0.3, -0.25) is 9.89 Å². The second-order valence-corrected chi connectivity index (χ2v) is 5.69. The number of fused-ring (bicyclic) bond motifs is 1. The van der Waals surface area contributed by atoms with E-state index in [4.69, 9.17) is 0 Å². The van der Waals surface area contributed by atoms with E-state index in [1.54, 1.807) is 0 Å². The zero-order valence-corrected chi connectivity index (χ0v) is 11.0. The molecule has 98 valence electrons. The summed E-state index contributed by atoms with van der Waals surface area (Å²) in [7, 11) is 0. The van der Waals surface area contributed by atoms with Gasteiger partial charge in [-0.05, 0) is 24.1 Å². The first kappa shape index (κ1) is 12.4. The molecule has 0 spiro atoms. The van der Waals surface area contributed by atoms with Gasteiger partial charge in [0.05, 0.1) is 0 Å². The lowest BCUT2D eigenvalue weighted by atomic mass is 9.95. The van der Waals surface area contributed by atoms with Gasteiger partial charge in [0.2, 0.25) is 0 Å². The summed E-state index contributed by atoms with van der Waals surface area (Å²) in [4.78, 5) is 10.9. The maximum Gasteiger partial charge on any atom is 0.170 e. The lowest BCUT2D eigenvalue weighted by Crippen LogP contribution is -2.13. The fourth-order valence-electron chi connectivity index (χ4n) is 2.43. The quantitative estimate of drug-likeness (QED) is 0.877. The molecule has 0 radical (unpaired) electrons. The van der Waals surface area contributed by atoms with E-state index in [9.17, 15) is 9.18 Å². The van der Waals surface area contributed by atoms with Gasteiger partial charge < -0.3 is 0 Å².